The first-order valence-corrected chi connectivity index (χ1v) is 8.36. The Labute approximate surface area is 148 Å². The second kappa shape index (κ2) is 7.09. The minimum absolute atomic E-state index is 0.0893. The number of halogens is 1. The molecule has 7 nitrogen and oxygen atoms in total. The zero-order valence-corrected chi connectivity index (χ0v) is 13.9. The fraction of sp³-hybridized carbons (Fsp3) is 0.278. The van der Waals surface area contributed by atoms with Crippen LogP contribution >= 0.6 is 0 Å². The van der Waals surface area contributed by atoms with Crippen molar-refractivity contribution in [3.8, 4) is 5.88 Å². The summed E-state index contributed by atoms with van der Waals surface area (Å²) in [5.74, 6) is -0.150. The lowest BCUT2D eigenvalue weighted by atomic mass is 10.2. The summed E-state index contributed by atoms with van der Waals surface area (Å²) in [5.41, 5.74) is 0.865. The predicted octanol–water partition coefficient (Wildman–Crippen LogP) is 2.68. The van der Waals surface area contributed by atoms with E-state index in [9.17, 15) is 9.18 Å². The number of carbonyl (C=O) groups is 1. The van der Waals surface area contributed by atoms with Gasteiger partial charge in [0.1, 0.15) is 12.4 Å². The van der Waals surface area contributed by atoms with Crippen molar-refractivity contribution in [3.63, 3.8) is 0 Å². The van der Waals surface area contributed by atoms with Crippen LogP contribution in [0.1, 0.15) is 23.2 Å². The van der Waals surface area contributed by atoms with Crippen molar-refractivity contribution in [2.24, 2.45) is 0 Å². The molecule has 0 bridgehead atoms. The van der Waals surface area contributed by atoms with Crippen LogP contribution in [0.5, 0.6) is 5.88 Å². The Hall–Kier alpha value is -3.00. The van der Waals surface area contributed by atoms with Crippen LogP contribution in [0.25, 0.3) is 5.65 Å². The van der Waals surface area contributed by atoms with Gasteiger partial charge in [-0.25, -0.2) is 4.39 Å². The van der Waals surface area contributed by atoms with Gasteiger partial charge in [-0.3, -0.25) is 10.1 Å². The summed E-state index contributed by atoms with van der Waals surface area (Å²) < 4.78 is 25.8. The maximum absolute atomic E-state index is 13.0. The number of benzene rings is 1. The Morgan fingerprint density at radius 3 is 2.92 bits per heavy atom. The molecule has 1 amide bonds. The molecule has 1 unspecified atom stereocenters. The molecule has 1 aromatic carbocycles. The van der Waals surface area contributed by atoms with Gasteiger partial charge in [-0.05, 0) is 43.2 Å². The number of anilines is 1. The first kappa shape index (κ1) is 16.5. The number of hydrogen-bond acceptors (Lipinski definition) is 5. The highest BCUT2D eigenvalue weighted by atomic mass is 19.1. The summed E-state index contributed by atoms with van der Waals surface area (Å²) >= 11 is 0. The zero-order valence-electron chi connectivity index (χ0n) is 13.9. The van der Waals surface area contributed by atoms with Crippen LogP contribution in [-0.4, -0.2) is 39.8 Å². The van der Waals surface area contributed by atoms with Gasteiger partial charge >= 0.3 is 0 Å². The molecular formula is C18H17FN4O3. The molecule has 1 fully saturated rings. The first-order chi connectivity index (χ1) is 12.7. The fourth-order valence-electron chi connectivity index (χ4n) is 2.77. The third kappa shape index (κ3) is 3.50. The summed E-state index contributed by atoms with van der Waals surface area (Å²) in [6, 6.07) is 10.6. The molecule has 4 rings (SSSR count). The van der Waals surface area contributed by atoms with Crippen LogP contribution in [0.3, 0.4) is 0 Å². The molecule has 2 aromatic heterocycles. The molecule has 134 valence electrons. The lowest BCUT2D eigenvalue weighted by Gasteiger charge is -2.11. The van der Waals surface area contributed by atoms with Gasteiger partial charge in [-0.2, -0.15) is 9.50 Å². The molecular weight excluding hydrogens is 339 g/mol. The number of ether oxygens (including phenoxy) is 2. The van der Waals surface area contributed by atoms with E-state index in [1.54, 1.807) is 18.2 Å². The third-order valence-corrected chi connectivity index (χ3v) is 4.10. The van der Waals surface area contributed by atoms with Crippen molar-refractivity contribution >= 4 is 17.5 Å². The lowest BCUT2D eigenvalue weighted by Crippen LogP contribution is -2.17. The van der Waals surface area contributed by atoms with Crippen molar-refractivity contribution in [1.82, 2.24) is 14.6 Å². The molecule has 0 aliphatic carbocycles. The minimum atomic E-state index is -0.414. The van der Waals surface area contributed by atoms with E-state index < -0.39 is 11.7 Å². The number of rotatable bonds is 5. The second-order valence-corrected chi connectivity index (χ2v) is 5.98. The molecule has 8 heteroatoms. The van der Waals surface area contributed by atoms with E-state index in [-0.39, 0.29) is 12.1 Å². The Morgan fingerprint density at radius 2 is 2.15 bits per heavy atom. The molecule has 26 heavy (non-hydrogen) atoms. The van der Waals surface area contributed by atoms with Crippen molar-refractivity contribution in [2.75, 3.05) is 18.5 Å². The molecule has 1 saturated heterocycles. The summed E-state index contributed by atoms with van der Waals surface area (Å²) in [5, 5.41) is 6.88. The summed E-state index contributed by atoms with van der Waals surface area (Å²) in [4.78, 5) is 16.5. The molecule has 0 radical (unpaired) electrons. The predicted molar refractivity (Wildman–Crippen MR) is 91.8 cm³/mol. The van der Waals surface area contributed by atoms with Crippen LogP contribution in [0.4, 0.5) is 10.3 Å². The summed E-state index contributed by atoms with van der Waals surface area (Å²) in [6.07, 6.45) is 2.11. The van der Waals surface area contributed by atoms with Crippen molar-refractivity contribution in [3.05, 3.63) is 53.8 Å². The van der Waals surface area contributed by atoms with Crippen molar-refractivity contribution in [2.45, 2.75) is 18.9 Å². The Bertz CT molecular complexity index is 920. The molecule has 1 atom stereocenters. The van der Waals surface area contributed by atoms with Gasteiger partial charge in [0, 0.05) is 18.2 Å². The number of nitrogens with zero attached hydrogens (tertiary/aromatic N) is 3. The molecule has 1 aliphatic rings. The zero-order chi connectivity index (χ0) is 17.9. The van der Waals surface area contributed by atoms with E-state index in [1.807, 2.05) is 0 Å². The maximum Gasteiger partial charge on any atom is 0.258 e. The van der Waals surface area contributed by atoms with Gasteiger partial charge in [-0.1, -0.05) is 6.07 Å². The minimum Gasteiger partial charge on any atom is -0.475 e. The van der Waals surface area contributed by atoms with Crippen LogP contribution in [0, 0.1) is 5.82 Å². The number of aromatic nitrogens is 3. The highest BCUT2D eigenvalue weighted by Gasteiger charge is 2.17. The summed E-state index contributed by atoms with van der Waals surface area (Å²) in [6.45, 7) is 1.21. The van der Waals surface area contributed by atoms with E-state index in [1.165, 1.54) is 28.8 Å². The van der Waals surface area contributed by atoms with E-state index >= 15 is 0 Å². The number of amides is 1. The standard InChI is InChI=1S/C18H17FN4O3/c19-13-8-6-12(7-9-13)17(24)21-18-20-15-4-1-5-16(23(15)22-18)26-11-14-3-2-10-25-14/h1,4-9,14H,2-3,10-11H2,(H,21,22,24). The van der Waals surface area contributed by atoms with E-state index in [0.717, 1.165) is 19.4 Å². The van der Waals surface area contributed by atoms with Crippen LogP contribution in [0.2, 0.25) is 0 Å². The van der Waals surface area contributed by atoms with Gasteiger partial charge < -0.3 is 9.47 Å². The topological polar surface area (TPSA) is 77.8 Å². The second-order valence-electron chi connectivity index (χ2n) is 5.98. The van der Waals surface area contributed by atoms with Crippen molar-refractivity contribution < 1.29 is 18.7 Å². The molecule has 1 aliphatic heterocycles. The highest BCUT2D eigenvalue weighted by Crippen LogP contribution is 2.18. The van der Waals surface area contributed by atoms with Crippen LogP contribution in [0.15, 0.2) is 42.5 Å². The molecule has 0 saturated carbocycles. The fourth-order valence-corrected chi connectivity index (χ4v) is 2.77. The van der Waals surface area contributed by atoms with Gasteiger partial charge in [0.25, 0.3) is 5.91 Å². The van der Waals surface area contributed by atoms with E-state index in [4.69, 9.17) is 9.47 Å². The Balaban J connectivity index is 1.50. The monoisotopic (exact) mass is 356 g/mol. The molecule has 3 aromatic rings. The lowest BCUT2D eigenvalue weighted by molar-refractivity contribution is 0.0655. The summed E-state index contributed by atoms with van der Waals surface area (Å²) in [7, 11) is 0. The number of hydrogen-bond donors (Lipinski definition) is 1. The Morgan fingerprint density at radius 1 is 1.31 bits per heavy atom. The average Bonchev–Trinajstić information content (AvgIpc) is 3.29. The highest BCUT2D eigenvalue weighted by molar-refractivity contribution is 6.03. The van der Waals surface area contributed by atoms with Crippen LogP contribution < -0.4 is 10.1 Å². The Kier molecular flexibility index (Phi) is 4.49. The van der Waals surface area contributed by atoms with Crippen LogP contribution in [-0.2, 0) is 4.74 Å². The number of pyridine rings is 1. The molecule has 3 heterocycles. The number of carbonyl (C=O) groups excluding carboxylic acids is 1. The maximum atomic E-state index is 13.0. The molecule has 0 spiro atoms. The van der Waals surface area contributed by atoms with E-state index in [0.29, 0.717) is 23.7 Å². The van der Waals surface area contributed by atoms with Gasteiger partial charge in [0.2, 0.25) is 11.8 Å². The SMILES string of the molecule is O=C(Nc1nc2cccc(OCC3CCCO3)n2n1)c1ccc(F)cc1. The quantitative estimate of drug-likeness (QED) is 0.760. The number of nitrogens with one attached hydrogen (secondary N) is 1. The largest absolute Gasteiger partial charge is 0.475 e. The normalized spacial score (nSPS) is 16.7. The van der Waals surface area contributed by atoms with Gasteiger partial charge in [-0.15, -0.1) is 5.10 Å². The van der Waals surface area contributed by atoms with Gasteiger partial charge in [0.15, 0.2) is 5.65 Å². The average molecular weight is 356 g/mol. The molecule has 1 N–H and O–H groups in total. The van der Waals surface area contributed by atoms with E-state index in [2.05, 4.69) is 15.4 Å². The number of fused-ring (bicyclic) bond motifs is 1. The third-order valence-electron chi connectivity index (χ3n) is 4.10. The smallest absolute Gasteiger partial charge is 0.258 e. The first-order valence-electron chi connectivity index (χ1n) is 8.36. The van der Waals surface area contributed by atoms with Crippen molar-refractivity contribution in [1.29, 1.82) is 0 Å². The van der Waals surface area contributed by atoms with Gasteiger partial charge in [0.05, 0.1) is 6.10 Å².